The number of benzene rings is 8. The van der Waals surface area contributed by atoms with Gasteiger partial charge >= 0.3 is 0 Å². The molecule has 7 heterocycles. The number of rotatable bonds is 4. The number of para-hydroxylation sites is 4. The van der Waals surface area contributed by atoms with Gasteiger partial charge in [0.2, 0.25) is 19.4 Å². The average molecular weight is 897 g/mol. The summed E-state index contributed by atoms with van der Waals surface area (Å²) in [7, 11) is 4.10. The first kappa shape index (κ1) is 37.6. The van der Waals surface area contributed by atoms with Crippen LogP contribution in [0.25, 0.3) is 55.9 Å². The first-order valence-corrected chi connectivity index (χ1v) is 24.0. The first-order chi connectivity index (χ1) is 33.0. The number of furan rings is 1. The summed E-state index contributed by atoms with van der Waals surface area (Å²) in [5.74, 6) is 4.13. The maximum Gasteiger partial charge on any atom is 0.259 e. The molecule has 15 rings (SSSR count). The van der Waals surface area contributed by atoms with Crippen LogP contribution in [0.4, 0.5) is 0 Å². The van der Waals surface area contributed by atoms with Crippen LogP contribution < -0.4 is 51.4 Å². The number of nitrogens with zero attached hydrogens (tertiary/aromatic N) is 4. The van der Waals surface area contributed by atoms with Crippen molar-refractivity contribution in [3.8, 4) is 56.8 Å². The van der Waals surface area contributed by atoms with E-state index in [1.165, 1.54) is 36.0 Å². The van der Waals surface area contributed by atoms with Gasteiger partial charge in [0.15, 0.2) is 0 Å². The van der Waals surface area contributed by atoms with Crippen LogP contribution >= 0.6 is 23.5 Å². The molecular formula is C56H34B2N4O3S2. The lowest BCUT2D eigenvalue weighted by atomic mass is 9.34. The Morgan fingerprint density at radius 2 is 0.985 bits per heavy atom. The number of hydrogen-bond acceptors (Lipinski definition) is 5. The van der Waals surface area contributed by atoms with Crippen LogP contribution in [-0.4, -0.2) is 22.6 Å². The molecule has 67 heavy (non-hydrogen) atoms. The van der Waals surface area contributed by atoms with Gasteiger partial charge in [-0.25, -0.2) is 0 Å². The minimum Gasteiger partial charge on any atom is -0.464 e. The molecule has 0 unspecified atom stereocenters. The quantitative estimate of drug-likeness (QED) is 0.102. The SMILES string of the molecule is C[n+]1[c-]n(-c2ccc3c(c2)B2c4cc(-c5coc(-c6ccc7c(c6)B6c8cc(-n9[c-][n+](C)c%10ccccc%109)ccc8Sc8cccc(c86)S7)c5)ccc4Oc4cccc(c42)O3)c2ccccc21. The lowest BCUT2D eigenvalue weighted by molar-refractivity contribution is -0.649. The number of hydrogen-bond donors (Lipinski definition) is 0. The van der Waals surface area contributed by atoms with E-state index < -0.39 is 0 Å². The Hall–Kier alpha value is -7.59. The normalized spacial score (nSPS) is 13.6. The summed E-state index contributed by atoms with van der Waals surface area (Å²) < 4.78 is 28.2. The summed E-state index contributed by atoms with van der Waals surface area (Å²) in [5, 5.41) is 0. The van der Waals surface area contributed by atoms with Gasteiger partial charge in [0.05, 0.1) is 53.8 Å². The summed E-state index contributed by atoms with van der Waals surface area (Å²) in [5.41, 5.74) is 16.9. The second-order valence-corrected chi connectivity index (χ2v) is 19.9. The van der Waals surface area contributed by atoms with E-state index in [2.05, 4.69) is 179 Å². The summed E-state index contributed by atoms with van der Waals surface area (Å²) in [6.07, 6.45) is 8.98. The third kappa shape index (κ3) is 5.53. The minimum atomic E-state index is -0.111. The average Bonchev–Trinajstić information content (AvgIpc) is 4.09. The molecular weight excluding hydrogens is 862 g/mol. The van der Waals surface area contributed by atoms with Crippen LogP contribution in [0.1, 0.15) is 0 Å². The summed E-state index contributed by atoms with van der Waals surface area (Å²) in [6, 6.07) is 58.6. The Bertz CT molecular complexity index is 3690. The monoisotopic (exact) mass is 896 g/mol. The van der Waals surface area contributed by atoms with Crippen LogP contribution in [0, 0.1) is 12.7 Å². The van der Waals surface area contributed by atoms with E-state index in [0.717, 1.165) is 95.3 Å². The van der Waals surface area contributed by atoms with Crippen LogP contribution in [0.5, 0.6) is 23.0 Å². The van der Waals surface area contributed by atoms with E-state index in [4.69, 9.17) is 13.9 Å². The van der Waals surface area contributed by atoms with Gasteiger partial charge in [-0.3, -0.25) is 0 Å². The van der Waals surface area contributed by atoms with Gasteiger partial charge in [0.1, 0.15) is 28.8 Å². The Kier molecular flexibility index (Phi) is 7.84. The molecule has 11 heteroatoms. The Morgan fingerprint density at radius 3 is 1.69 bits per heavy atom. The Morgan fingerprint density at radius 1 is 0.448 bits per heavy atom. The second kappa shape index (κ2) is 14.0. The molecule has 0 spiro atoms. The third-order valence-electron chi connectivity index (χ3n) is 14.0. The highest BCUT2D eigenvalue weighted by molar-refractivity contribution is 8.01. The molecule has 11 aromatic rings. The lowest BCUT2D eigenvalue weighted by Gasteiger charge is -2.33. The van der Waals surface area contributed by atoms with Crippen LogP contribution in [0.3, 0.4) is 0 Å². The van der Waals surface area contributed by atoms with Gasteiger partial charge in [-0.15, -0.1) is 0 Å². The van der Waals surface area contributed by atoms with Crippen molar-refractivity contribution in [1.82, 2.24) is 9.13 Å². The fourth-order valence-electron chi connectivity index (χ4n) is 10.9. The van der Waals surface area contributed by atoms with Crippen LogP contribution in [-0.2, 0) is 14.1 Å². The number of aromatic nitrogens is 4. The largest absolute Gasteiger partial charge is 0.464 e. The highest BCUT2D eigenvalue weighted by Crippen LogP contribution is 2.41. The fourth-order valence-corrected chi connectivity index (χ4v) is 13.2. The molecule has 3 aromatic heterocycles. The van der Waals surface area contributed by atoms with Crippen molar-refractivity contribution < 1.29 is 23.0 Å². The Labute approximate surface area is 395 Å². The van der Waals surface area contributed by atoms with E-state index in [0.29, 0.717) is 0 Å². The van der Waals surface area contributed by atoms with Crippen molar-refractivity contribution in [1.29, 1.82) is 0 Å². The number of ether oxygens (including phenoxy) is 2. The molecule has 8 aromatic carbocycles. The minimum absolute atomic E-state index is 0.0665. The number of aryl methyl sites for hydroxylation is 2. The number of imidazole rings is 2. The summed E-state index contributed by atoms with van der Waals surface area (Å²) in [4.78, 5) is 5.18. The topological polar surface area (TPSA) is 49.2 Å². The molecule has 0 saturated heterocycles. The lowest BCUT2D eigenvalue weighted by Crippen LogP contribution is -2.58. The Balaban J connectivity index is 0.818. The summed E-state index contributed by atoms with van der Waals surface area (Å²) in [6.45, 7) is -0.0443. The van der Waals surface area contributed by atoms with Crippen LogP contribution in [0.15, 0.2) is 194 Å². The van der Waals surface area contributed by atoms with Gasteiger partial charge in [-0.2, -0.15) is 0 Å². The van der Waals surface area contributed by atoms with Crippen molar-refractivity contribution in [3.63, 3.8) is 0 Å². The standard InChI is InChI=1S/C56H34B2N4O3S2/c1-59-31-61(44-11-5-3-9-42(44)59)36-19-22-47-39(28-36)57-38-25-33(17-21-46(38)64-48-13-7-14-49(65-47)55(48)57)35-27-50(63-30-35)34-18-23-51-40(26-34)58-41-29-37(62-32-60(2)43-10-4-6-12-45(43)62)20-24-52(41)67-54-16-8-15-53(66-51)56(54)58/h3-30H,1-2H3. The van der Waals surface area contributed by atoms with Gasteiger partial charge in [-0.05, 0) is 70.5 Å². The molecule has 0 radical (unpaired) electrons. The van der Waals surface area contributed by atoms with Gasteiger partial charge in [0, 0.05) is 36.2 Å². The molecule has 4 aliphatic heterocycles. The van der Waals surface area contributed by atoms with E-state index >= 15 is 0 Å². The molecule has 7 nitrogen and oxygen atoms in total. The van der Waals surface area contributed by atoms with Gasteiger partial charge in [-0.1, -0.05) is 150 Å². The zero-order valence-electron chi connectivity index (χ0n) is 36.2. The molecule has 314 valence electrons. The predicted octanol–water partition coefficient (Wildman–Crippen LogP) is 7.92. The summed E-state index contributed by atoms with van der Waals surface area (Å²) >= 11 is 3.74. The van der Waals surface area contributed by atoms with E-state index in [-0.39, 0.29) is 13.4 Å². The molecule has 0 aliphatic carbocycles. The first-order valence-electron chi connectivity index (χ1n) is 22.4. The van der Waals surface area contributed by atoms with E-state index in [1.807, 2.05) is 59.6 Å². The van der Waals surface area contributed by atoms with Crippen molar-refractivity contribution in [2.24, 2.45) is 14.1 Å². The fraction of sp³-hybridized carbons (Fsp3) is 0.0357. The zero-order valence-corrected chi connectivity index (χ0v) is 37.8. The second-order valence-electron chi connectivity index (χ2n) is 17.7. The maximum absolute atomic E-state index is 6.64. The molecule has 0 atom stereocenters. The molecule has 0 bridgehead atoms. The van der Waals surface area contributed by atoms with Crippen molar-refractivity contribution in [2.75, 3.05) is 0 Å². The molecule has 0 fully saturated rings. The van der Waals surface area contributed by atoms with Gasteiger partial charge in [0.25, 0.3) is 6.71 Å². The number of fused-ring (bicyclic) bond motifs is 10. The maximum atomic E-state index is 6.64. The van der Waals surface area contributed by atoms with E-state index in [1.54, 1.807) is 0 Å². The van der Waals surface area contributed by atoms with Crippen LogP contribution in [0.2, 0.25) is 0 Å². The van der Waals surface area contributed by atoms with Crippen molar-refractivity contribution in [3.05, 3.63) is 183 Å². The molecule has 0 amide bonds. The smallest absolute Gasteiger partial charge is 0.259 e. The predicted molar refractivity (Wildman–Crippen MR) is 267 cm³/mol. The highest BCUT2D eigenvalue weighted by atomic mass is 32.2. The molecule has 0 N–H and O–H groups in total. The highest BCUT2D eigenvalue weighted by Gasteiger charge is 2.41. The van der Waals surface area contributed by atoms with Crippen molar-refractivity contribution >= 4 is 91.8 Å². The third-order valence-corrected chi connectivity index (χ3v) is 16.3. The van der Waals surface area contributed by atoms with Crippen molar-refractivity contribution in [2.45, 2.75) is 19.6 Å². The molecule has 4 aliphatic rings. The zero-order chi connectivity index (χ0) is 44.1. The molecule has 0 saturated carbocycles. The van der Waals surface area contributed by atoms with Gasteiger partial charge < -0.3 is 32.2 Å². The van der Waals surface area contributed by atoms with E-state index in [9.17, 15) is 0 Å².